The van der Waals surface area contributed by atoms with Crippen molar-refractivity contribution >= 4 is 17.3 Å². The van der Waals surface area contributed by atoms with Crippen LogP contribution in [0.4, 0.5) is 11.4 Å². The quantitative estimate of drug-likeness (QED) is 0.735. The molecule has 1 heterocycles. The van der Waals surface area contributed by atoms with Crippen molar-refractivity contribution in [3.63, 3.8) is 0 Å². The molecule has 1 aliphatic heterocycles. The monoisotopic (exact) mass is 320 g/mol. The Hall–Kier alpha value is -3.46. The molecule has 0 radical (unpaired) electrons. The zero-order valence-electron chi connectivity index (χ0n) is 13.0. The molecule has 0 aromatic heterocycles. The molecule has 3 rings (SSSR count). The van der Waals surface area contributed by atoms with Crippen LogP contribution >= 0.6 is 0 Å². The first-order valence-corrected chi connectivity index (χ1v) is 7.34. The number of anilines is 2. The summed E-state index contributed by atoms with van der Waals surface area (Å²) in [6, 6.07) is 14.7. The number of rotatable bonds is 2. The average molecular weight is 320 g/mol. The van der Waals surface area contributed by atoms with Crippen molar-refractivity contribution in [2.45, 2.75) is 12.8 Å². The maximum Gasteiger partial charge on any atom is 0.221 e. The van der Waals surface area contributed by atoms with E-state index in [1.54, 1.807) is 24.3 Å². The summed E-state index contributed by atoms with van der Waals surface area (Å²) in [7, 11) is 0. The van der Waals surface area contributed by atoms with Gasteiger partial charge in [0.2, 0.25) is 11.8 Å². The van der Waals surface area contributed by atoms with E-state index in [-0.39, 0.29) is 17.7 Å². The molecule has 1 atom stereocenters. The fraction of sp³-hybridized carbons (Fsp3) is 0.111. The summed E-state index contributed by atoms with van der Waals surface area (Å²) in [6.07, 6.45) is 0. The van der Waals surface area contributed by atoms with E-state index in [4.69, 9.17) is 16.2 Å². The number of fused-ring (bicyclic) bond motifs is 1. The number of amides is 1. The number of carbonyl (C=O) groups is 1. The van der Waals surface area contributed by atoms with Gasteiger partial charge in [-0.05, 0) is 23.8 Å². The van der Waals surface area contributed by atoms with Crippen molar-refractivity contribution in [3.05, 3.63) is 65.0 Å². The molecule has 6 nitrogen and oxygen atoms in total. The van der Waals surface area contributed by atoms with Crippen molar-refractivity contribution in [1.82, 2.24) is 0 Å². The van der Waals surface area contributed by atoms with Crippen LogP contribution in [0, 0.1) is 11.3 Å². The SMILES string of the molecule is CC(=O)Nc1ccc([C@@H]2C(C#N)=C(N)Oc3cc(N)ccc32)cc1. The predicted octanol–water partition coefficient (Wildman–Crippen LogP) is 2.45. The van der Waals surface area contributed by atoms with Gasteiger partial charge in [0.05, 0.1) is 5.92 Å². The number of nitrogen functional groups attached to an aromatic ring is 1. The molecule has 120 valence electrons. The highest BCUT2D eigenvalue weighted by atomic mass is 16.5. The lowest BCUT2D eigenvalue weighted by Crippen LogP contribution is -2.21. The summed E-state index contributed by atoms with van der Waals surface area (Å²) >= 11 is 0. The third-order valence-corrected chi connectivity index (χ3v) is 3.81. The molecule has 2 aromatic carbocycles. The minimum atomic E-state index is -0.342. The van der Waals surface area contributed by atoms with E-state index in [1.165, 1.54) is 6.92 Å². The number of nitrogens with zero attached hydrogens (tertiary/aromatic N) is 1. The number of ether oxygens (including phenoxy) is 1. The largest absolute Gasteiger partial charge is 0.440 e. The fourth-order valence-corrected chi connectivity index (χ4v) is 2.78. The summed E-state index contributed by atoms with van der Waals surface area (Å²) in [5, 5.41) is 12.2. The second-order valence-electron chi connectivity index (χ2n) is 5.53. The maximum atomic E-state index is 11.1. The van der Waals surface area contributed by atoms with E-state index in [9.17, 15) is 10.1 Å². The van der Waals surface area contributed by atoms with Crippen LogP contribution in [0.2, 0.25) is 0 Å². The highest BCUT2D eigenvalue weighted by Gasteiger charge is 2.30. The molecule has 0 aliphatic carbocycles. The van der Waals surface area contributed by atoms with Gasteiger partial charge < -0.3 is 21.5 Å². The lowest BCUT2D eigenvalue weighted by molar-refractivity contribution is -0.114. The Bertz CT molecular complexity index is 879. The summed E-state index contributed by atoms with van der Waals surface area (Å²) in [4.78, 5) is 11.1. The first-order chi connectivity index (χ1) is 11.5. The average Bonchev–Trinajstić information content (AvgIpc) is 2.53. The van der Waals surface area contributed by atoms with E-state index in [1.807, 2.05) is 18.2 Å². The first-order valence-electron chi connectivity index (χ1n) is 7.34. The van der Waals surface area contributed by atoms with Gasteiger partial charge in [0.1, 0.15) is 17.4 Å². The van der Waals surface area contributed by atoms with E-state index in [2.05, 4.69) is 11.4 Å². The minimum Gasteiger partial charge on any atom is -0.440 e. The van der Waals surface area contributed by atoms with Gasteiger partial charge in [0.25, 0.3) is 0 Å². The van der Waals surface area contributed by atoms with Crippen molar-refractivity contribution in [2.24, 2.45) is 5.73 Å². The second-order valence-corrected chi connectivity index (χ2v) is 5.53. The van der Waals surface area contributed by atoms with Crippen molar-refractivity contribution in [1.29, 1.82) is 5.26 Å². The molecular formula is C18H16N4O2. The van der Waals surface area contributed by atoms with E-state index >= 15 is 0 Å². The number of nitriles is 1. The normalized spacial score (nSPS) is 15.9. The Labute approximate surface area is 139 Å². The third kappa shape index (κ3) is 2.75. The number of hydrogen-bond donors (Lipinski definition) is 3. The van der Waals surface area contributed by atoms with Gasteiger partial charge in [-0.15, -0.1) is 0 Å². The van der Waals surface area contributed by atoms with Crippen LogP contribution in [0.25, 0.3) is 0 Å². The summed E-state index contributed by atoms with van der Waals surface area (Å²) in [5.74, 6) is 0.135. The van der Waals surface area contributed by atoms with Crippen molar-refractivity contribution < 1.29 is 9.53 Å². The third-order valence-electron chi connectivity index (χ3n) is 3.81. The highest BCUT2D eigenvalue weighted by Crippen LogP contribution is 2.42. The molecule has 2 aromatic rings. The maximum absolute atomic E-state index is 11.1. The molecule has 0 fully saturated rings. The number of nitrogens with one attached hydrogen (secondary N) is 1. The van der Waals surface area contributed by atoms with Gasteiger partial charge in [-0.2, -0.15) is 5.26 Å². The molecule has 5 N–H and O–H groups in total. The minimum absolute atomic E-state index is 0.0755. The van der Waals surface area contributed by atoms with Gasteiger partial charge in [0.15, 0.2) is 0 Å². The fourth-order valence-electron chi connectivity index (χ4n) is 2.78. The van der Waals surface area contributed by atoms with Crippen LogP contribution in [0.1, 0.15) is 24.0 Å². The van der Waals surface area contributed by atoms with Crippen molar-refractivity contribution in [2.75, 3.05) is 11.1 Å². The van der Waals surface area contributed by atoms with E-state index in [0.717, 1.165) is 11.1 Å². The summed E-state index contributed by atoms with van der Waals surface area (Å²) < 4.78 is 5.54. The molecule has 0 unspecified atom stereocenters. The van der Waals surface area contributed by atoms with Gasteiger partial charge in [0, 0.05) is 29.9 Å². The Morgan fingerprint density at radius 2 is 1.92 bits per heavy atom. The smallest absolute Gasteiger partial charge is 0.221 e. The summed E-state index contributed by atoms with van der Waals surface area (Å²) in [6.45, 7) is 1.45. The highest BCUT2D eigenvalue weighted by molar-refractivity contribution is 5.88. The molecule has 0 saturated carbocycles. The Kier molecular flexibility index (Phi) is 3.84. The van der Waals surface area contributed by atoms with Crippen LogP contribution in [0.3, 0.4) is 0 Å². The van der Waals surface area contributed by atoms with Crippen LogP contribution in [-0.2, 0) is 4.79 Å². The number of hydrogen-bond acceptors (Lipinski definition) is 5. The standard InChI is InChI=1S/C18H16N4O2/c1-10(23)22-13-5-2-11(3-6-13)17-14-7-4-12(20)8-16(14)24-18(21)15(17)9-19/h2-8,17H,20-21H2,1H3,(H,22,23)/t17-/m0/s1. The van der Waals surface area contributed by atoms with Gasteiger partial charge in [-0.1, -0.05) is 18.2 Å². The summed E-state index contributed by atoms with van der Waals surface area (Å²) in [5.41, 5.74) is 15.0. The molecule has 0 bridgehead atoms. The Morgan fingerprint density at radius 1 is 1.21 bits per heavy atom. The topological polar surface area (TPSA) is 114 Å². The molecule has 24 heavy (non-hydrogen) atoms. The zero-order valence-corrected chi connectivity index (χ0v) is 13.0. The first kappa shape index (κ1) is 15.4. The number of nitrogens with two attached hydrogens (primary N) is 2. The van der Waals surface area contributed by atoms with Gasteiger partial charge in [-0.3, -0.25) is 4.79 Å². The predicted molar refractivity (Wildman–Crippen MR) is 90.9 cm³/mol. The van der Waals surface area contributed by atoms with Gasteiger partial charge in [-0.25, -0.2) is 0 Å². The lowest BCUT2D eigenvalue weighted by atomic mass is 9.83. The van der Waals surface area contributed by atoms with Crippen LogP contribution in [0.15, 0.2) is 53.9 Å². The number of carbonyl (C=O) groups excluding carboxylic acids is 1. The lowest BCUT2D eigenvalue weighted by Gasteiger charge is -2.26. The molecule has 1 amide bonds. The van der Waals surface area contributed by atoms with E-state index < -0.39 is 0 Å². The Morgan fingerprint density at radius 3 is 2.54 bits per heavy atom. The van der Waals surface area contributed by atoms with Crippen LogP contribution in [-0.4, -0.2) is 5.91 Å². The Balaban J connectivity index is 2.08. The molecular weight excluding hydrogens is 304 g/mol. The molecule has 6 heteroatoms. The molecule has 1 aliphatic rings. The molecule has 0 spiro atoms. The van der Waals surface area contributed by atoms with Crippen molar-refractivity contribution in [3.8, 4) is 11.8 Å². The number of benzene rings is 2. The van der Waals surface area contributed by atoms with E-state index in [0.29, 0.717) is 22.7 Å². The zero-order chi connectivity index (χ0) is 17.3. The van der Waals surface area contributed by atoms with Crippen LogP contribution < -0.4 is 21.5 Å². The molecule has 0 saturated heterocycles. The van der Waals surface area contributed by atoms with Gasteiger partial charge >= 0.3 is 0 Å². The second kappa shape index (κ2) is 5.97. The number of allylic oxidation sites excluding steroid dienone is 1. The van der Waals surface area contributed by atoms with Crippen LogP contribution in [0.5, 0.6) is 5.75 Å².